The van der Waals surface area contributed by atoms with E-state index in [-0.39, 0.29) is 0 Å². The fraction of sp³-hybridized carbons (Fsp3) is 0.0286. The van der Waals surface area contributed by atoms with E-state index in [1.807, 2.05) is 12.3 Å². The van der Waals surface area contributed by atoms with Crippen LogP contribution < -0.4 is 0 Å². The molecule has 5 aromatic carbocycles. The molecule has 38 heavy (non-hydrogen) atoms. The quantitative estimate of drug-likeness (QED) is 0.254. The molecule has 0 fully saturated rings. The molecule has 0 unspecified atom stereocenters. The highest BCUT2D eigenvalue weighted by atomic mass is 15.2. The summed E-state index contributed by atoms with van der Waals surface area (Å²) in [4.78, 5) is 0. The van der Waals surface area contributed by atoms with Gasteiger partial charge in [-0.15, -0.1) is 5.10 Å². The minimum atomic E-state index is -0.399. The molecule has 0 saturated heterocycles. The zero-order chi connectivity index (χ0) is 25.1. The maximum Gasteiger partial charge on any atom is 0.167 e. The van der Waals surface area contributed by atoms with Crippen LogP contribution in [0.2, 0.25) is 0 Å². The van der Waals surface area contributed by atoms with Crippen LogP contribution in [-0.2, 0) is 5.41 Å². The second kappa shape index (κ2) is 7.99. The van der Waals surface area contributed by atoms with Gasteiger partial charge in [0.25, 0.3) is 0 Å². The normalized spacial score (nSPS) is 13.5. The Labute approximate surface area is 220 Å². The molecule has 0 bridgehead atoms. The van der Waals surface area contributed by atoms with Crippen molar-refractivity contribution in [2.75, 3.05) is 0 Å². The standard InChI is InChI=1S/C35H23N3/c1-3-12-25(13-4-1)35(26-14-5-2-6-15-26)30-18-10-9-17-28(30)33-29-21-22-38(32(29)20-19-31(33)35)34-27-16-8-7-11-24(27)23-36-37-34/h1-23H. The molecule has 0 saturated carbocycles. The summed E-state index contributed by atoms with van der Waals surface area (Å²) in [7, 11) is 0. The number of benzene rings is 5. The summed E-state index contributed by atoms with van der Waals surface area (Å²) in [6.45, 7) is 0. The van der Waals surface area contributed by atoms with Crippen molar-refractivity contribution in [3.8, 4) is 16.9 Å². The second-order valence-corrected chi connectivity index (χ2v) is 9.89. The SMILES string of the molecule is c1ccc(C2(c3ccccc3)c3ccccc3-c3c2ccc2c3ccn2-c2nncc3ccccc23)cc1. The van der Waals surface area contributed by atoms with Crippen LogP contribution in [0.1, 0.15) is 22.3 Å². The zero-order valence-corrected chi connectivity index (χ0v) is 20.6. The predicted octanol–water partition coefficient (Wildman–Crippen LogP) is 7.94. The van der Waals surface area contributed by atoms with Crippen molar-refractivity contribution in [1.29, 1.82) is 0 Å². The summed E-state index contributed by atoms with van der Waals surface area (Å²) in [5.41, 5.74) is 8.47. The summed E-state index contributed by atoms with van der Waals surface area (Å²) in [6.07, 6.45) is 3.96. The van der Waals surface area contributed by atoms with E-state index in [4.69, 9.17) is 0 Å². The highest BCUT2D eigenvalue weighted by molar-refractivity contribution is 6.04. The van der Waals surface area contributed by atoms with E-state index < -0.39 is 5.41 Å². The minimum Gasteiger partial charge on any atom is -0.299 e. The predicted molar refractivity (Wildman–Crippen MR) is 154 cm³/mol. The maximum atomic E-state index is 4.57. The van der Waals surface area contributed by atoms with Crippen LogP contribution in [0.5, 0.6) is 0 Å². The number of hydrogen-bond acceptors (Lipinski definition) is 2. The average molecular weight is 486 g/mol. The molecule has 178 valence electrons. The number of nitrogens with zero attached hydrogens (tertiary/aromatic N) is 3. The van der Waals surface area contributed by atoms with Crippen molar-refractivity contribution in [2.45, 2.75) is 5.41 Å². The summed E-state index contributed by atoms with van der Waals surface area (Å²) in [5, 5.41) is 12.3. The van der Waals surface area contributed by atoms with Gasteiger partial charge in [0.1, 0.15) is 0 Å². The second-order valence-electron chi connectivity index (χ2n) is 9.89. The molecular weight excluding hydrogens is 462 g/mol. The zero-order valence-electron chi connectivity index (χ0n) is 20.6. The molecule has 0 aliphatic heterocycles. The first-order chi connectivity index (χ1) is 18.9. The van der Waals surface area contributed by atoms with Gasteiger partial charge in [0.15, 0.2) is 5.82 Å². The molecule has 1 aliphatic rings. The van der Waals surface area contributed by atoms with Gasteiger partial charge in [-0.1, -0.05) is 115 Å². The summed E-state index contributed by atoms with van der Waals surface area (Å²) >= 11 is 0. The third kappa shape index (κ3) is 2.73. The lowest BCUT2D eigenvalue weighted by Crippen LogP contribution is -2.28. The van der Waals surface area contributed by atoms with E-state index in [2.05, 4.69) is 142 Å². The first-order valence-electron chi connectivity index (χ1n) is 12.9. The molecular formula is C35H23N3. The Bertz CT molecular complexity index is 1930. The molecule has 0 N–H and O–H groups in total. The monoisotopic (exact) mass is 485 g/mol. The van der Waals surface area contributed by atoms with Gasteiger partial charge in [-0.3, -0.25) is 4.57 Å². The molecule has 2 heterocycles. The van der Waals surface area contributed by atoms with Crippen molar-refractivity contribution in [1.82, 2.24) is 14.8 Å². The minimum absolute atomic E-state index is 0.399. The first-order valence-corrected chi connectivity index (χ1v) is 12.9. The van der Waals surface area contributed by atoms with Crippen molar-refractivity contribution in [2.24, 2.45) is 0 Å². The van der Waals surface area contributed by atoms with Gasteiger partial charge in [0.05, 0.1) is 17.1 Å². The van der Waals surface area contributed by atoms with E-state index in [1.165, 1.54) is 38.8 Å². The Hall–Kier alpha value is -5.02. The van der Waals surface area contributed by atoms with Crippen LogP contribution >= 0.6 is 0 Å². The molecule has 2 aromatic heterocycles. The molecule has 0 spiro atoms. The van der Waals surface area contributed by atoms with E-state index >= 15 is 0 Å². The van der Waals surface area contributed by atoms with Gasteiger partial charge >= 0.3 is 0 Å². The van der Waals surface area contributed by atoms with Gasteiger partial charge < -0.3 is 0 Å². The van der Waals surface area contributed by atoms with E-state index in [0.29, 0.717) is 0 Å². The Kier molecular flexibility index (Phi) is 4.44. The van der Waals surface area contributed by atoms with Crippen LogP contribution in [0, 0.1) is 0 Å². The highest BCUT2D eigenvalue weighted by Gasteiger charge is 2.46. The largest absolute Gasteiger partial charge is 0.299 e. The summed E-state index contributed by atoms with van der Waals surface area (Å²) in [6, 6.07) is 45.8. The Balaban J connectivity index is 1.48. The van der Waals surface area contributed by atoms with Gasteiger partial charge in [0, 0.05) is 22.4 Å². The molecule has 0 amide bonds. The molecule has 3 heteroatoms. The number of hydrogen-bond donors (Lipinski definition) is 0. The Morgan fingerprint density at radius 2 is 1.24 bits per heavy atom. The van der Waals surface area contributed by atoms with Gasteiger partial charge in [-0.05, 0) is 45.5 Å². The fourth-order valence-electron chi connectivity index (χ4n) is 6.53. The van der Waals surface area contributed by atoms with Crippen molar-refractivity contribution >= 4 is 21.7 Å². The van der Waals surface area contributed by atoms with E-state index in [9.17, 15) is 0 Å². The van der Waals surface area contributed by atoms with Crippen LogP contribution in [0.4, 0.5) is 0 Å². The molecule has 3 nitrogen and oxygen atoms in total. The van der Waals surface area contributed by atoms with Crippen molar-refractivity contribution in [3.63, 3.8) is 0 Å². The number of rotatable bonds is 3. The van der Waals surface area contributed by atoms with E-state index in [0.717, 1.165) is 22.1 Å². The first kappa shape index (κ1) is 21.1. The van der Waals surface area contributed by atoms with Crippen LogP contribution in [0.15, 0.2) is 140 Å². The number of aromatic nitrogens is 3. The van der Waals surface area contributed by atoms with Crippen LogP contribution in [0.25, 0.3) is 38.6 Å². The van der Waals surface area contributed by atoms with Crippen LogP contribution in [-0.4, -0.2) is 14.8 Å². The molecule has 8 rings (SSSR count). The Morgan fingerprint density at radius 3 is 2.03 bits per heavy atom. The lowest BCUT2D eigenvalue weighted by atomic mass is 9.67. The van der Waals surface area contributed by atoms with Crippen molar-refractivity contribution in [3.05, 3.63) is 162 Å². The molecule has 7 aromatic rings. The van der Waals surface area contributed by atoms with Crippen LogP contribution in [0.3, 0.4) is 0 Å². The van der Waals surface area contributed by atoms with Gasteiger partial charge in [-0.25, -0.2) is 0 Å². The molecule has 1 aliphatic carbocycles. The third-order valence-electron chi connectivity index (χ3n) is 8.07. The maximum absolute atomic E-state index is 4.57. The molecule has 0 atom stereocenters. The average Bonchev–Trinajstić information content (AvgIpc) is 3.55. The lowest BCUT2D eigenvalue weighted by Gasteiger charge is -2.33. The van der Waals surface area contributed by atoms with Gasteiger partial charge in [0.2, 0.25) is 0 Å². The summed E-state index contributed by atoms with van der Waals surface area (Å²) < 4.78 is 2.18. The smallest absolute Gasteiger partial charge is 0.167 e. The van der Waals surface area contributed by atoms with Crippen molar-refractivity contribution < 1.29 is 0 Å². The fourth-order valence-corrected chi connectivity index (χ4v) is 6.53. The third-order valence-corrected chi connectivity index (χ3v) is 8.07. The molecule has 0 radical (unpaired) electrons. The topological polar surface area (TPSA) is 30.7 Å². The highest BCUT2D eigenvalue weighted by Crippen LogP contribution is 2.57. The summed E-state index contributed by atoms with van der Waals surface area (Å²) in [5.74, 6) is 0.849. The van der Waals surface area contributed by atoms with Gasteiger partial charge in [-0.2, -0.15) is 5.10 Å². The number of fused-ring (bicyclic) bond motifs is 6. The lowest BCUT2D eigenvalue weighted by molar-refractivity contribution is 0.769. The Morgan fingerprint density at radius 1 is 0.553 bits per heavy atom. The van der Waals surface area contributed by atoms with E-state index in [1.54, 1.807) is 0 Å².